The molecule has 1 saturated heterocycles. The van der Waals surface area contributed by atoms with Gasteiger partial charge in [-0.25, -0.2) is 23.4 Å². The number of aromatic nitrogens is 4. The summed E-state index contributed by atoms with van der Waals surface area (Å²) in [5, 5.41) is 0.973. The third kappa shape index (κ3) is 3.52. The van der Waals surface area contributed by atoms with Crippen molar-refractivity contribution in [1.29, 1.82) is 0 Å². The van der Waals surface area contributed by atoms with Gasteiger partial charge in [0.15, 0.2) is 5.03 Å². The number of ether oxygens (including phenoxy) is 1. The summed E-state index contributed by atoms with van der Waals surface area (Å²) >= 11 is 0. The molecule has 1 aliphatic rings. The van der Waals surface area contributed by atoms with Crippen LogP contribution in [-0.4, -0.2) is 64.9 Å². The second kappa shape index (κ2) is 7.36. The van der Waals surface area contributed by atoms with Crippen molar-refractivity contribution >= 4 is 26.6 Å². The van der Waals surface area contributed by atoms with Crippen LogP contribution in [0.1, 0.15) is 13.8 Å². The Kier molecular flexibility index (Phi) is 4.90. The largest absolute Gasteiger partial charge is 0.474 e. The smallest absolute Gasteiger partial charge is 0.260 e. The maximum Gasteiger partial charge on any atom is 0.260 e. The molecule has 0 radical (unpaired) electrons. The molecule has 3 aromatic rings. The van der Waals surface area contributed by atoms with Gasteiger partial charge in [-0.2, -0.15) is 4.31 Å². The van der Waals surface area contributed by atoms with E-state index in [1.807, 2.05) is 32.0 Å². The van der Waals surface area contributed by atoms with Crippen molar-refractivity contribution in [2.75, 3.05) is 31.1 Å². The quantitative estimate of drug-likeness (QED) is 0.692. The lowest BCUT2D eigenvalue weighted by Gasteiger charge is -2.35. The first-order chi connectivity index (χ1) is 13.4. The lowest BCUT2D eigenvalue weighted by Crippen LogP contribution is -2.48. The Bertz CT molecular complexity index is 1060. The van der Waals surface area contributed by atoms with Crippen molar-refractivity contribution in [3.63, 3.8) is 0 Å². The molecule has 10 heteroatoms. The van der Waals surface area contributed by atoms with Gasteiger partial charge in [-0.05, 0) is 32.0 Å². The molecule has 4 rings (SSSR count). The number of H-pyrrole nitrogens is 1. The van der Waals surface area contributed by atoms with E-state index in [1.165, 1.54) is 23.2 Å². The van der Waals surface area contributed by atoms with Gasteiger partial charge in [0.2, 0.25) is 5.88 Å². The average molecular weight is 402 g/mol. The van der Waals surface area contributed by atoms with Crippen LogP contribution in [0, 0.1) is 0 Å². The molecule has 9 nitrogen and oxygen atoms in total. The lowest BCUT2D eigenvalue weighted by molar-refractivity contribution is 0.235. The maximum absolute atomic E-state index is 12.6. The molecule has 3 heterocycles. The number of nitrogens with zero attached hydrogens (tertiary/aromatic N) is 5. The van der Waals surface area contributed by atoms with Gasteiger partial charge in [0.1, 0.15) is 6.33 Å². The number of piperazine rings is 1. The summed E-state index contributed by atoms with van der Waals surface area (Å²) < 4.78 is 32.5. The van der Waals surface area contributed by atoms with E-state index in [0.717, 1.165) is 16.6 Å². The maximum atomic E-state index is 12.6. The Morgan fingerprint density at radius 2 is 1.93 bits per heavy atom. The highest BCUT2D eigenvalue weighted by Crippen LogP contribution is 2.28. The standard InChI is InChI=1S/C18H22N6O3S/c1-13(2)27-18-15-9-14(3-4-16(15)20-12-22-18)23-5-7-24(8-6-23)28(25,26)17-10-19-11-21-17/h3-4,9-13H,5-8H2,1-2H3,(H,19,21). The van der Waals surface area contributed by atoms with Crippen LogP contribution < -0.4 is 9.64 Å². The van der Waals surface area contributed by atoms with Gasteiger partial charge in [0.05, 0.1) is 29.5 Å². The zero-order valence-corrected chi connectivity index (χ0v) is 16.6. The lowest BCUT2D eigenvalue weighted by atomic mass is 10.2. The first-order valence-electron chi connectivity index (χ1n) is 9.10. The Labute approximate surface area is 163 Å². The molecule has 0 aliphatic carbocycles. The number of nitrogens with one attached hydrogen (secondary N) is 1. The number of anilines is 1. The molecule has 2 aromatic heterocycles. The van der Waals surface area contributed by atoms with Gasteiger partial charge in [-0.1, -0.05) is 0 Å². The van der Waals surface area contributed by atoms with Crippen LogP contribution in [0.5, 0.6) is 5.88 Å². The number of imidazole rings is 1. The fraction of sp³-hybridized carbons (Fsp3) is 0.389. The summed E-state index contributed by atoms with van der Waals surface area (Å²) in [4.78, 5) is 17.2. The van der Waals surface area contributed by atoms with Crippen LogP contribution in [0.25, 0.3) is 10.9 Å². The summed E-state index contributed by atoms with van der Waals surface area (Å²) in [5.74, 6) is 0.558. The third-order valence-corrected chi connectivity index (χ3v) is 6.45. The zero-order valence-electron chi connectivity index (χ0n) is 15.7. The van der Waals surface area contributed by atoms with Crippen LogP contribution in [-0.2, 0) is 10.0 Å². The number of benzene rings is 1. The fourth-order valence-electron chi connectivity index (χ4n) is 3.24. The topological polar surface area (TPSA) is 104 Å². The van der Waals surface area contributed by atoms with Crippen LogP contribution >= 0.6 is 0 Å². The first kappa shape index (κ1) is 18.6. The molecular formula is C18H22N6O3S. The minimum absolute atomic E-state index is 0.0120. The number of fused-ring (bicyclic) bond motifs is 1. The highest BCUT2D eigenvalue weighted by molar-refractivity contribution is 7.89. The van der Waals surface area contributed by atoms with Crippen molar-refractivity contribution < 1.29 is 13.2 Å². The molecule has 0 atom stereocenters. The molecule has 0 spiro atoms. The highest BCUT2D eigenvalue weighted by atomic mass is 32.2. The summed E-state index contributed by atoms with van der Waals surface area (Å²) in [5.41, 5.74) is 1.81. The van der Waals surface area contributed by atoms with E-state index in [9.17, 15) is 8.42 Å². The average Bonchev–Trinajstić information content (AvgIpc) is 3.23. The van der Waals surface area contributed by atoms with Crippen LogP contribution in [0.2, 0.25) is 0 Å². The van der Waals surface area contributed by atoms with Gasteiger partial charge in [-0.3, -0.25) is 0 Å². The summed E-state index contributed by atoms with van der Waals surface area (Å²) in [6.07, 6.45) is 4.22. The highest BCUT2D eigenvalue weighted by Gasteiger charge is 2.29. The molecule has 0 amide bonds. The van der Waals surface area contributed by atoms with E-state index in [0.29, 0.717) is 32.1 Å². The first-order valence-corrected chi connectivity index (χ1v) is 10.5. The molecule has 1 fully saturated rings. The van der Waals surface area contributed by atoms with Gasteiger partial charge >= 0.3 is 0 Å². The SMILES string of the molecule is CC(C)Oc1ncnc2ccc(N3CCN(S(=O)(=O)c4cnc[nH]4)CC3)cc12. The predicted molar refractivity (Wildman–Crippen MR) is 105 cm³/mol. The molecule has 1 N–H and O–H groups in total. The second-order valence-corrected chi connectivity index (χ2v) is 8.76. The number of sulfonamides is 1. The van der Waals surface area contributed by atoms with E-state index in [-0.39, 0.29) is 11.1 Å². The minimum Gasteiger partial charge on any atom is -0.474 e. The predicted octanol–water partition coefficient (Wildman–Crippen LogP) is 1.65. The van der Waals surface area contributed by atoms with Crippen molar-refractivity contribution in [2.24, 2.45) is 0 Å². The van der Waals surface area contributed by atoms with Crippen LogP contribution in [0.4, 0.5) is 5.69 Å². The monoisotopic (exact) mass is 402 g/mol. The molecule has 1 aromatic carbocycles. The number of hydrogen-bond acceptors (Lipinski definition) is 7. The van der Waals surface area contributed by atoms with Gasteiger partial charge in [0.25, 0.3) is 10.0 Å². The third-order valence-electron chi connectivity index (χ3n) is 4.62. The Morgan fingerprint density at radius 3 is 2.61 bits per heavy atom. The number of hydrogen-bond donors (Lipinski definition) is 1. The van der Waals surface area contributed by atoms with Crippen molar-refractivity contribution in [1.82, 2.24) is 24.2 Å². The molecule has 0 unspecified atom stereocenters. The normalized spacial score (nSPS) is 16.0. The Balaban J connectivity index is 1.54. The van der Waals surface area contributed by atoms with Crippen molar-refractivity contribution in [3.8, 4) is 5.88 Å². The molecular weight excluding hydrogens is 380 g/mol. The minimum atomic E-state index is -3.53. The van der Waals surface area contributed by atoms with E-state index in [1.54, 1.807) is 0 Å². The van der Waals surface area contributed by atoms with E-state index in [4.69, 9.17) is 4.74 Å². The summed E-state index contributed by atoms with van der Waals surface area (Å²) in [6, 6.07) is 5.94. The summed E-state index contributed by atoms with van der Waals surface area (Å²) in [7, 11) is -3.53. The van der Waals surface area contributed by atoms with Crippen LogP contribution in [0.3, 0.4) is 0 Å². The van der Waals surface area contributed by atoms with Gasteiger partial charge in [0, 0.05) is 31.9 Å². The van der Waals surface area contributed by atoms with Crippen LogP contribution in [0.15, 0.2) is 42.1 Å². The zero-order chi connectivity index (χ0) is 19.7. The number of rotatable bonds is 5. The molecule has 0 bridgehead atoms. The second-order valence-electron chi connectivity index (χ2n) is 6.85. The Hall–Kier alpha value is -2.72. The van der Waals surface area contributed by atoms with E-state index >= 15 is 0 Å². The van der Waals surface area contributed by atoms with E-state index in [2.05, 4.69) is 24.8 Å². The molecule has 28 heavy (non-hydrogen) atoms. The van der Waals surface area contributed by atoms with Crippen molar-refractivity contribution in [2.45, 2.75) is 25.0 Å². The number of aromatic amines is 1. The van der Waals surface area contributed by atoms with Crippen molar-refractivity contribution in [3.05, 3.63) is 37.1 Å². The van der Waals surface area contributed by atoms with Gasteiger partial charge in [-0.15, -0.1) is 0 Å². The molecule has 0 saturated carbocycles. The van der Waals surface area contributed by atoms with Gasteiger partial charge < -0.3 is 14.6 Å². The molecule has 148 valence electrons. The Morgan fingerprint density at radius 1 is 1.14 bits per heavy atom. The summed E-state index contributed by atoms with van der Waals surface area (Å²) in [6.45, 7) is 5.90. The molecule has 1 aliphatic heterocycles. The fourth-order valence-corrected chi connectivity index (χ4v) is 4.56. The van der Waals surface area contributed by atoms with E-state index < -0.39 is 10.0 Å².